The van der Waals surface area contributed by atoms with Gasteiger partial charge in [0.2, 0.25) is 5.91 Å². The Labute approximate surface area is 136 Å². The van der Waals surface area contributed by atoms with Crippen LogP contribution < -0.4 is 5.32 Å². The largest absolute Gasteiger partial charge is 0.480 e. The summed E-state index contributed by atoms with van der Waals surface area (Å²) in [5.74, 6) is -1.10. The van der Waals surface area contributed by atoms with E-state index in [1.54, 1.807) is 0 Å². The van der Waals surface area contributed by atoms with Crippen molar-refractivity contribution in [3.63, 3.8) is 0 Å². The van der Waals surface area contributed by atoms with Gasteiger partial charge in [0.15, 0.2) is 0 Å². The monoisotopic (exact) mass is 313 g/mol. The van der Waals surface area contributed by atoms with Crippen molar-refractivity contribution in [2.45, 2.75) is 97.4 Å². The molecule has 0 aliphatic carbocycles. The molecule has 2 atom stereocenters. The molecule has 4 heteroatoms. The standard InChI is InChI=1S/C18H35NO3/c1-4-6-7-8-9-10-11-12-13-14-16(20)19-17(18(21)22)15(3)5-2/h15,17H,4-14H2,1-3H3,(H,19,20)(H,21,22)/t15?,17-/m0/s1. The molecule has 0 saturated heterocycles. The number of hydrogen-bond acceptors (Lipinski definition) is 2. The summed E-state index contributed by atoms with van der Waals surface area (Å²) in [7, 11) is 0. The molecule has 4 nitrogen and oxygen atoms in total. The summed E-state index contributed by atoms with van der Waals surface area (Å²) >= 11 is 0. The Balaban J connectivity index is 3.66. The second-order valence-corrected chi connectivity index (χ2v) is 6.35. The number of carbonyl (C=O) groups is 2. The lowest BCUT2D eigenvalue weighted by Crippen LogP contribution is -2.44. The van der Waals surface area contributed by atoms with Crippen molar-refractivity contribution < 1.29 is 14.7 Å². The third-order valence-corrected chi connectivity index (χ3v) is 4.30. The van der Waals surface area contributed by atoms with Gasteiger partial charge in [-0.25, -0.2) is 4.79 Å². The van der Waals surface area contributed by atoms with Crippen molar-refractivity contribution in [2.24, 2.45) is 5.92 Å². The predicted octanol–water partition coefficient (Wildman–Crippen LogP) is 4.52. The van der Waals surface area contributed by atoms with Gasteiger partial charge in [-0.15, -0.1) is 0 Å². The first-order chi connectivity index (χ1) is 10.5. The van der Waals surface area contributed by atoms with Crippen LogP contribution >= 0.6 is 0 Å². The van der Waals surface area contributed by atoms with Crippen LogP contribution in [0.1, 0.15) is 91.4 Å². The molecule has 1 amide bonds. The van der Waals surface area contributed by atoms with Gasteiger partial charge >= 0.3 is 5.97 Å². The molecule has 22 heavy (non-hydrogen) atoms. The lowest BCUT2D eigenvalue weighted by molar-refractivity contribution is -0.143. The Morgan fingerprint density at radius 2 is 1.41 bits per heavy atom. The zero-order valence-electron chi connectivity index (χ0n) is 14.7. The molecule has 0 saturated carbocycles. The Hall–Kier alpha value is -1.06. The maximum Gasteiger partial charge on any atom is 0.326 e. The van der Waals surface area contributed by atoms with Gasteiger partial charge in [-0.05, 0) is 12.3 Å². The van der Waals surface area contributed by atoms with Crippen LogP contribution in [0.4, 0.5) is 0 Å². The van der Waals surface area contributed by atoms with Gasteiger partial charge in [-0.1, -0.05) is 78.6 Å². The first kappa shape index (κ1) is 20.9. The van der Waals surface area contributed by atoms with Gasteiger partial charge < -0.3 is 10.4 Å². The van der Waals surface area contributed by atoms with Crippen LogP contribution in [0.2, 0.25) is 0 Å². The van der Waals surface area contributed by atoms with Gasteiger partial charge in [-0.3, -0.25) is 4.79 Å². The highest BCUT2D eigenvalue weighted by molar-refractivity contribution is 5.83. The van der Waals surface area contributed by atoms with E-state index in [-0.39, 0.29) is 11.8 Å². The van der Waals surface area contributed by atoms with E-state index in [0.717, 1.165) is 19.3 Å². The normalized spacial score (nSPS) is 13.6. The van der Waals surface area contributed by atoms with Gasteiger partial charge in [0.25, 0.3) is 0 Å². The Morgan fingerprint density at radius 3 is 1.86 bits per heavy atom. The Morgan fingerprint density at radius 1 is 0.909 bits per heavy atom. The fourth-order valence-corrected chi connectivity index (χ4v) is 2.52. The lowest BCUT2D eigenvalue weighted by atomic mass is 9.99. The number of unbranched alkanes of at least 4 members (excludes halogenated alkanes) is 8. The fraction of sp³-hybridized carbons (Fsp3) is 0.889. The van der Waals surface area contributed by atoms with Crippen molar-refractivity contribution in [3.05, 3.63) is 0 Å². The van der Waals surface area contributed by atoms with Crippen LogP contribution in [-0.4, -0.2) is 23.0 Å². The van der Waals surface area contributed by atoms with E-state index in [2.05, 4.69) is 12.2 Å². The van der Waals surface area contributed by atoms with E-state index in [1.807, 2.05) is 13.8 Å². The molecular formula is C18H35NO3. The highest BCUT2D eigenvalue weighted by atomic mass is 16.4. The number of nitrogens with one attached hydrogen (secondary N) is 1. The van der Waals surface area contributed by atoms with Crippen molar-refractivity contribution in [2.75, 3.05) is 0 Å². The van der Waals surface area contributed by atoms with E-state index in [0.29, 0.717) is 6.42 Å². The first-order valence-corrected chi connectivity index (χ1v) is 9.05. The van der Waals surface area contributed by atoms with Gasteiger partial charge in [0.1, 0.15) is 6.04 Å². The number of carboxylic acid groups (broad SMARTS) is 1. The number of aliphatic carboxylic acids is 1. The molecule has 0 bridgehead atoms. The number of amides is 1. The lowest BCUT2D eigenvalue weighted by Gasteiger charge is -2.20. The molecule has 0 rings (SSSR count). The van der Waals surface area contributed by atoms with Crippen LogP contribution in [-0.2, 0) is 9.59 Å². The quantitative estimate of drug-likeness (QED) is 0.463. The van der Waals surface area contributed by atoms with Crippen molar-refractivity contribution in [1.29, 1.82) is 0 Å². The minimum absolute atomic E-state index is 0.0374. The second-order valence-electron chi connectivity index (χ2n) is 6.35. The summed E-state index contributed by atoms with van der Waals surface area (Å²) in [4.78, 5) is 23.0. The molecule has 1 unspecified atom stereocenters. The zero-order chi connectivity index (χ0) is 16.8. The summed E-state index contributed by atoms with van der Waals surface area (Å²) in [5, 5.41) is 11.8. The third kappa shape index (κ3) is 10.6. The molecule has 130 valence electrons. The molecule has 0 heterocycles. The molecule has 0 aliphatic rings. The Kier molecular flexibility index (Phi) is 12.9. The van der Waals surface area contributed by atoms with Crippen molar-refractivity contribution in [1.82, 2.24) is 5.32 Å². The molecule has 0 radical (unpaired) electrons. The summed E-state index contributed by atoms with van der Waals surface area (Å²) in [5.41, 5.74) is 0. The third-order valence-electron chi connectivity index (χ3n) is 4.30. The molecule has 2 N–H and O–H groups in total. The van der Waals surface area contributed by atoms with Crippen LogP contribution in [0, 0.1) is 5.92 Å². The molecule has 0 aromatic carbocycles. The zero-order valence-corrected chi connectivity index (χ0v) is 14.7. The summed E-state index contributed by atoms with van der Waals surface area (Å²) in [6, 6.07) is -0.754. The maximum absolute atomic E-state index is 11.8. The van der Waals surface area contributed by atoms with E-state index in [4.69, 9.17) is 5.11 Å². The number of carboxylic acids is 1. The minimum Gasteiger partial charge on any atom is -0.480 e. The fourth-order valence-electron chi connectivity index (χ4n) is 2.52. The molecule has 0 aliphatic heterocycles. The Bertz CT molecular complexity index is 305. The van der Waals surface area contributed by atoms with Crippen LogP contribution in [0.25, 0.3) is 0 Å². The number of hydrogen-bond donors (Lipinski definition) is 2. The van der Waals surface area contributed by atoms with E-state index in [9.17, 15) is 9.59 Å². The average Bonchev–Trinajstić information content (AvgIpc) is 2.50. The van der Waals surface area contributed by atoms with Gasteiger partial charge in [0, 0.05) is 6.42 Å². The van der Waals surface area contributed by atoms with Crippen LogP contribution in [0.3, 0.4) is 0 Å². The molecule has 0 aromatic rings. The number of carbonyl (C=O) groups excluding carboxylic acids is 1. The minimum atomic E-state index is -0.935. The SMILES string of the molecule is CCCCCCCCCCCC(=O)N[C@H](C(=O)O)C(C)CC. The van der Waals surface area contributed by atoms with E-state index in [1.165, 1.54) is 44.9 Å². The predicted molar refractivity (Wildman–Crippen MR) is 90.9 cm³/mol. The van der Waals surface area contributed by atoms with Crippen LogP contribution in [0.5, 0.6) is 0 Å². The maximum atomic E-state index is 11.8. The molecule has 0 fully saturated rings. The van der Waals surface area contributed by atoms with Crippen molar-refractivity contribution in [3.8, 4) is 0 Å². The second kappa shape index (κ2) is 13.6. The summed E-state index contributed by atoms with van der Waals surface area (Å²) < 4.78 is 0. The highest BCUT2D eigenvalue weighted by Gasteiger charge is 2.24. The van der Waals surface area contributed by atoms with E-state index >= 15 is 0 Å². The number of rotatable bonds is 14. The van der Waals surface area contributed by atoms with Crippen molar-refractivity contribution >= 4 is 11.9 Å². The summed E-state index contributed by atoms with van der Waals surface area (Å²) in [6.07, 6.45) is 12.1. The van der Waals surface area contributed by atoms with Gasteiger partial charge in [-0.2, -0.15) is 0 Å². The van der Waals surface area contributed by atoms with Crippen LogP contribution in [0.15, 0.2) is 0 Å². The topological polar surface area (TPSA) is 66.4 Å². The highest BCUT2D eigenvalue weighted by Crippen LogP contribution is 2.11. The average molecular weight is 313 g/mol. The smallest absolute Gasteiger partial charge is 0.326 e. The molecule has 0 spiro atoms. The molecular weight excluding hydrogens is 278 g/mol. The first-order valence-electron chi connectivity index (χ1n) is 9.05. The van der Waals surface area contributed by atoms with E-state index < -0.39 is 12.0 Å². The van der Waals surface area contributed by atoms with Gasteiger partial charge in [0.05, 0.1) is 0 Å². The molecule has 0 aromatic heterocycles. The summed E-state index contributed by atoms with van der Waals surface area (Å²) in [6.45, 7) is 6.02.